The van der Waals surface area contributed by atoms with Gasteiger partial charge in [0.25, 0.3) is 0 Å². The van der Waals surface area contributed by atoms with Gasteiger partial charge in [0.2, 0.25) is 0 Å². The number of hydrogen-bond donors (Lipinski definition) is 1. The summed E-state index contributed by atoms with van der Waals surface area (Å²) in [6.07, 6.45) is 3.28. The molecule has 0 unspecified atom stereocenters. The smallest absolute Gasteiger partial charge is 0.169 e. The second-order valence-electron chi connectivity index (χ2n) is 2.91. The zero-order chi connectivity index (χ0) is 9.68. The highest BCUT2D eigenvalue weighted by molar-refractivity contribution is 5.94. The molecule has 1 rings (SSSR count). The minimum absolute atomic E-state index is 0.0550. The van der Waals surface area contributed by atoms with E-state index in [9.17, 15) is 4.79 Å². The first-order valence-corrected chi connectivity index (χ1v) is 4.20. The molecule has 0 fully saturated rings. The highest BCUT2D eigenvalue weighted by Crippen LogP contribution is 2.04. The number of aryl methyl sites for hydroxylation is 1. The van der Waals surface area contributed by atoms with Crippen LogP contribution in [0.1, 0.15) is 11.1 Å². The van der Waals surface area contributed by atoms with Crippen LogP contribution in [0.3, 0.4) is 0 Å². The number of ketones is 1. The first-order chi connectivity index (χ1) is 6.22. The molecule has 2 nitrogen and oxygen atoms in total. The quantitative estimate of drug-likeness (QED) is 0.708. The summed E-state index contributed by atoms with van der Waals surface area (Å²) in [4.78, 5) is 10.8. The van der Waals surface area contributed by atoms with Gasteiger partial charge in [-0.25, -0.2) is 0 Å². The molecule has 0 aliphatic carbocycles. The Morgan fingerprint density at radius 2 is 2.00 bits per heavy atom. The number of hydrogen-bond acceptors (Lipinski definition) is 2. The van der Waals surface area contributed by atoms with Gasteiger partial charge in [-0.1, -0.05) is 35.9 Å². The van der Waals surface area contributed by atoms with Crippen LogP contribution >= 0.6 is 0 Å². The molecule has 0 aliphatic rings. The van der Waals surface area contributed by atoms with Crippen molar-refractivity contribution in [3.63, 3.8) is 0 Å². The molecule has 0 heterocycles. The first kappa shape index (κ1) is 9.68. The van der Waals surface area contributed by atoms with Crippen LogP contribution in [-0.4, -0.2) is 12.3 Å². The van der Waals surface area contributed by atoms with Crippen molar-refractivity contribution in [3.05, 3.63) is 41.5 Å². The summed E-state index contributed by atoms with van der Waals surface area (Å²) in [6, 6.07) is 7.95. The predicted octanol–water partition coefficient (Wildman–Crippen LogP) is 1.54. The van der Waals surface area contributed by atoms with Crippen LogP contribution < -0.4 is 5.73 Å². The average molecular weight is 175 g/mol. The average Bonchev–Trinajstić information content (AvgIpc) is 2.16. The fraction of sp³-hybridized carbons (Fsp3) is 0.182. The van der Waals surface area contributed by atoms with Gasteiger partial charge in [-0.3, -0.25) is 4.79 Å². The molecule has 0 spiro atoms. The largest absolute Gasteiger partial charge is 0.324 e. The van der Waals surface area contributed by atoms with Crippen LogP contribution in [0.2, 0.25) is 0 Å². The van der Waals surface area contributed by atoms with Gasteiger partial charge >= 0.3 is 0 Å². The summed E-state index contributed by atoms with van der Waals surface area (Å²) >= 11 is 0. The van der Waals surface area contributed by atoms with E-state index in [1.54, 1.807) is 6.08 Å². The summed E-state index contributed by atoms with van der Waals surface area (Å²) < 4.78 is 0. The molecule has 0 bridgehead atoms. The van der Waals surface area contributed by atoms with E-state index in [0.717, 1.165) is 5.56 Å². The maximum atomic E-state index is 10.8. The Labute approximate surface area is 78.1 Å². The molecule has 1 aromatic carbocycles. The van der Waals surface area contributed by atoms with E-state index >= 15 is 0 Å². The molecule has 0 saturated heterocycles. The van der Waals surface area contributed by atoms with E-state index in [2.05, 4.69) is 0 Å². The van der Waals surface area contributed by atoms with Gasteiger partial charge in [0, 0.05) is 0 Å². The maximum Gasteiger partial charge on any atom is 0.169 e. The molecular formula is C11H13NO. The molecule has 0 aromatic heterocycles. The van der Waals surface area contributed by atoms with Crippen LogP contribution in [-0.2, 0) is 4.79 Å². The van der Waals surface area contributed by atoms with Gasteiger partial charge in [-0.05, 0) is 18.6 Å². The summed E-state index contributed by atoms with van der Waals surface area (Å²) in [6.45, 7) is 2.10. The Bertz CT molecular complexity index is 311. The number of nitrogens with two attached hydrogens (primary N) is 1. The number of benzene rings is 1. The molecule has 0 amide bonds. The zero-order valence-corrected chi connectivity index (χ0v) is 7.66. The first-order valence-electron chi connectivity index (χ1n) is 4.20. The van der Waals surface area contributed by atoms with Crippen molar-refractivity contribution in [1.82, 2.24) is 0 Å². The molecule has 0 radical (unpaired) electrons. The molecule has 68 valence electrons. The van der Waals surface area contributed by atoms with E-state index in [1.165, 1.54) is 11.6 Å². The minimum Gasteiger partial charge on any atom is -0.324 e. The summed E-state index contributed by atoms with van der Waals surface area (Å²) in [5.74, 6) is -0.0550. The van der Waals surface area contributed by atoms with E-state index < -0.39 is 0 Å². The maximum absolute atomic E-state index is 10.8. The Balaban J connectivity index is 2.69. The second-order valence-corrected chi connectivity index (χ2v) is 2.91. The van der Waals surface area contributed by atoms with Gasteiger partial charge in [0.1, 0.15) is 0 Å². The van der Waals surface area contributed by atoms with Gasteiger partial charge in [0.15, 0.2) is 5.78 Å². The van der Waals surface area contributed by atoms with Crippen LogP contribution in [0.4, 0.5) is 0 Å². The highest BCUT2D eigenvalue weighted by Gasteiger charge is 1.90. The lowest BCUT2D eigenvalue weighted by Gasteiger charge is -1.93. The Morgan fingerprint density at radius 3 is 2.54 bits per heavy atom. The number of rotatable bonds is 3. The summed E-state index contributed by atoms with van der Waals surface area (Å²) in [5, 5.41) is 0. The SMILES string of the molecule is Cc1ccc(/C=C/C(=O)CN)cc1. The van der Waals surface area contributed by atoms with Crippen molar-refractivity contribution in [2.45, 2.75) is 6.92 Å². The normalized spacial score (nSPS) is 10.6. The lowest BCUT2D eigenvalue weighted by atomic mass is 10.1. The van der Waals surface area contributed by atoms with E-state index in [-0.39, 0.29) is 12.3 Å². The molecule has 0 atom stereocenters. The van der Waals surface area contributed by atoms with Crippen LogP contribution in [0.25, 0.3) is 6.08 Å². The standard InChI is InChI=1S/C11H13NO/c1-9-2-4-10(5-3-9)6-7-11(13)8-12/h2-7H,8,12H2,1H3/b7-6+. The molecular weight excluding hydrogens is 162 g/mol. The van der Waals surface area contributed by atoms with Crippen LogP contribution in [0, 0.1) is 6.92 Å². The molecule has 2 N–H and O–H groups in total. The van der Waals surface area contributed by atoms with Crippen molar-refractivity contribution in [1.29, 1.82) is 0 Å². The molecule has 0 aliphatic heterocycles. The van der Waals surface area contributed by atoms with Gasteiger partial charge in [-0.15, -0.1) is 0 Å². The Morgan fingerprint density at radius 1 is 1.38 bits per heavy atom. The van der Waals surface area contributed by atoms with Crippen molar-refractivity contribution < 1.29 is 4.79 Å². The van der Waals surface area contributed by atoms with Crippen LogP contribution in [0.15, 0.2) is 30.3 Å². The topological polar surface area (TPSA) is 43.1 Å². The highest BCUT2D eigenvalue weighted by atomic mass is 16.1. The van der Waals surface area contributed by atoms with E-state index in [1.807, 2.05) is 31.2 Å². The lowest BCUT2D eigenvalue weighted by Crippen LogP contribution is -2.09. The van der Waals surface area contributed by atoms with Crippen molar-refractivity contribution in [3.8, 4) is 0 Å². The Kier molecular flexibility index (Phi) is 3.41. The van der Waals surface area contributed by atoms with Gasteiger partial charge in [-0.2, -0.15) is 0 Å². The van der Waals surface area contributed by atoms with Crippen molar-refractivity contribution >= 4 is 11.9 Å². The predicted molar refractivity (Wildman–Crippen MR) is 54.3 cm³/mol. The molecule has 0 saturated carbocycles. The third-order valence-corrected chi connectivity index (χ3v) is 1.74. The fourth-order valence-corrected chi connectivity index (χ4v) is 0.935. The molecule has 13 heavy (non-hydrogen) atoms. The number of carbonyl (C=O) groups is 1. The van der Waals surface area contributed by atoms with Gasteiger partial charge < -0.3 is 5.73 Å². The lowest BCUT2D eigenvalue weighted by molar-refractivity contribution is -0.113. The third kappa shape index (κ3) is 3.22. The van der Waals surface area contributed by atoms with E-state index in [4.69, 9.17) is 5.73 Å². The third-order valence-electron chi connectivity index (χ3n) is 1.74. The monoisotopic (exact) mass is 175 g/mol. The summed E-state index contributed by atoms with van der Waals surface area (Å²) in [7, 11) is 0. The van der Waals surface area contributed by atoms with Crippen LogP contribution in [0.5, 0.6) is 0 Å². The molecule has 1 aromatic rings. The van der Waals surface area contributed by atoms with Crippen molar-refractivity contribution in [2.24, 2.45) is 5.73 Å². The summed E-state index contributed by atoms with van der Waals surface area (Å²) in [5.41, 5.74) is 7.39. The Hall–Kier alpha value is -1.41. The minimum atomic E-state index is -0.0550. The zero-order valence-electron chi connectivity index (χ0n) is 7.66. The molecule has 2 heteroatoms. The van der Waals surface area contributed by atoms with E-state index in [0.29, 0.717) is 0 Å². The second kappa shape index (κ2) is 4.58. The van der Waals surface area contributed by atoms with Crippen molar-refractivity contribution in [2.75, 3.05) is 6.54 Å². The number of carbonyl (C=O) groups excluding carboxylic acids is 1. The fourth-order valence-electron chi connectivity index (χ4n) is 0.935. The van der Waals surface area contributed by atoms with Gasteiger partial charge in [0.05, 0.1) is 6.54 Å².